The fraction of sp³-hybridized carbons (Fsp3) is 0.286. The van der Waals surface area contributed by atoms with E-state index in [4.69, 9.17) is 14.2 Å². The molecule has 1 aromatic carbocycles. The smallest absolute Gasteiger partial charge is 0.327 e. The highest BCUT2D eigenvalue weighted by Gasteiger charge is 2.39. The van der Waals surface area contributed by atoms with E-state index in [1.165, 1.54) is 32.3 Å². The summed E-state index contributed by atoms with van der Waals surface area (Å²) in [6.45, 7) is 0.447. The minimum atomic E-state index is -0.617. The Morgan fingerprint density at radius 3 is 2.52 bits per heavy atom. The molecule has 1 atom stereocenters. The monoisotopic (exact) mass is 460 g/mol. The first-order valence-corrected chi connectivity index (χ1v) is 11.2. The second kappa shape index (κ2) is 8.56. The highest BCUT2D eigenvalue weighted by Crippen LogP contribution is 2.48. The lowest BCUT2D eigenvalue weighted by molar-refractivity contribution is -0.386. The average molecular weight is 461 g/mol. The van der Waals surface area contributed by atoms with Gasteiger partial charge in [-0.2, -0.15) is 0 Å². The maximum atomic E-state index is 13.8. The minimum absolute atomic E-state index is 0.0711. The van der Waals surface area contributed by atoms with Crippen LogP contribution in [0.4, 0.5) is 5.69 Å². The lowest BCUT2D eigenvalue weighted by atomic mass is 9.97. The molecule has 10 heteroatoms. The number of nitro benzene ring substituents is 1. The van der Waals surface area contributed by atoms with Gasteiger partial charge in [-0.3, -0.25) is 14.9 Å². The molecule has 162 valence electrons. The van der Waals surface area contributed by atoms with E-state index in [0.29, 0.717) is 13.0 Å². The molecule has 2 aromatic heterocycles. The van der Waals surface area contributed by atoms with E-state index in [2.05, 4.69) is 0 Å². The van der Waals surface area contributed by atoms with Gasteiger partial charge < -0.3 is 19.1 Å². The summed E-state index contributed by atoms with van der Waals surface area (Å²) in [5.41, 5.74) is 0.521. The number of nitro groups is 1. The summed E-state index contributed by atoms with van der Waals surface area (Å²) in [5.74, 6) is -0.340. The zero-order valence-corrected chi connectivity index (χ0v) is 18.7. The van der Waals surface area contributed by atoms with Gasteiger partial charge in [-0.15, -0.1) is 22.7 Å². The molecule has 0 fully saturated rings. The molecular weight excluding hydrogens is 440 g/mol. The average Bonchev–Trinajstić information content (AvgIpc) is 3.48. The molecule has 0 saturated carbocycles. The topological polar surface area (TPSA) is 91.1 Å². The fourth-order valence-corrected chi connectivity index (χ4v) is 5.69. The highest BCUT2D eigenvalue weighted by atomic mass is 32.1. The van der Waals surface area contributed by atoms with Crippen molar-refractivity contribution in [2.45, 2.75) is 12.5 Å². The van der Waals surface area contributed by atoms with Gasteiger partial charge in [0, 0.05) is 22.4 Å². The van der Waals surface area contributed by atoms with E-state index in [9.17, 15) is 14.9 Å². The number of benzene rings is 1. The summed E-state index contributed by atoms with van der Waals surface area (Å²) >= 11 is 3.22. The summed E-state index contributed by atoms with van der Waals surface area (Å²) in [5, 5.41) is 16.0. The fourth-order valence-electron chi connectivity index (χ4n) is 3.93. The molecule has 1 unspecified atom stereocenters. The van der Waals surface area contributed by atoms with Gasteiger partial charge in [0.05, 0.1) is 32.3 Å². The van der Waals surface area contributed by atoms with Gasteiger partial charge in [0.25, 0.3) is 5.91 Å². The van der Waals surface area contributed by atoms with Crippen molar-refractivity contribution in [2.75, 3.05) is 27.9 Å². The van der Waals surface area contributed by atoms with Gasteiger partial charge in [0.15, 0.2) is 5.75 Å². The molecule has 0 aliphatic carbocycles. The maximum Gasteiger partial charge on any atom is 0.327 e. The Kier molecular flexibility index (Phi) is 5.84. The molecule has 0 saturated heterocycles. The first-order chi connectivity index (χ1) is 15.0. The molecule has 4 rings (SSSR count). The Bertz CT molecular complexity index is 1130. The summed E-state index contributed by atoms with van der Waals surface area (Å²) in [4.78, 5) is 29.1. The van der Waals surface area contributed by atoms with Crippen molar-refractivity contribution in [1.29, 1.82) is 0 Å². The van der Waals surface area contributed by atoms with Crippen molar-refractivity contribution >= 4 is 34.3 Å². The Morgan fingerprint density at radius 2 is 1.90 bits per heavy atom. The zero-order chi connectivity index (χ0) is 22.1. The molecule has 3 aromatic rings. The van der Waals surface area contributed by atoms with Gasteiger partial charge >= 0.3 is 5.69 Å². The number of thiophene rings is 2. The first kappa shape index (κ1) is 21.1. The third-order valence-corrected chi connectivity index (χ3v) is 7.18. The minimum Gasteiger partial charge on any atom is -0.493 e. The van der Waals surface area contributed by atoms with E-state index in [-0.39, 0.29) is 28.9 Å². The van der Waals surface area contributed by atoms with Gasteiger partial charge in [-0.25, -0.2) is 0 Å². The number of amides is 1. The summed E-state index contributed by atoms with van der Waals surface area (Å²) in [7, 11) is 4.07. The van der Waals surface area contributed by atoms with Crippen LogP contribution in [0.25, 0.3) is 0 Å². The van der Waals surface area contributed by atoms with Crippen LogP contribution < -0.4 is 14.2 Å². The van der Waals surface area contributed by atoms with E-state index < -0.39 is 16.5 Å². The Hall–Kier alpha value is -3.11. The van der Waals surface area contributed by atoms with Crippen LogP contribution >= 0.6 is 22.7 Å². The maximum absolute atomic E-state index is 13.8. The van der Waals surface area contributed by atoms with Crippen LogP contribution in [-0.4, -0.2) is 43.6 Å². The largest absolute Gasteiger partial charge is 0.493 e. The van der Waals surface area contributed by atoms with E-state index in [1.54, 1.807) is 27.6 Å². The molecule has 1 aliphatic heterocycles. The number of methoxy groups -OCH3 is 3. The van der Waals surface area contributed by atoms with Crippen LogP contribution in [0, 0.1) is 10.1 Å². The van der Waals surface area contributed by atoms with Crippen molar-refractivity contribution < 1.29 is 23.9 Å². The van der Waals surface area contributed by atoms with E-state index in [0.717, 1.165) is 10.4 Å². The van der Waals surface area contributed by atoms with E-state index >= 15 is 0 Å². The van der Waals surface area contributed by atoms with Gasteiger partial charge in [0.1, 0.15) is 5.56 Å². The predicted octanol–water partition coefficient (Wildman–Crippen LogP) is 4.53. The Morgan fingerprint density at radius 1 is 1.13 bits per heavy atom. The quantitative estimate of drug-likeness (QED) is 0.396. The number of carbonyl (C=O) groups excluding carboxylic acids is 1. The molecule has 0 spiro atoms. The van der Waals surface area contributed by atoms with Crippen molar-refractivity contribution in [2.24, 2.45) is 0 Å². The number of rotatable bonds is 6. The molecule has 1 aliphatic rings. The first-order valence-electron chi connectivity index (χ1n) is 9.39. The normalized spacial score (nSPS) is 15.3. The van der Waals surface area contributed by atoms with Crippen LogP contribution in [0.2, 0.25) is 0 Å². The Labute approximate surface area is 186 Å². The summed E-state index contributed by atoms with van der Waals surface area (Å²) in [6, 6.07) is 6.99. The second-order valence-electron chi connectivity index (χ2n) is 6.76. The van der Waals surface area contributed by atoms with Gasteiger partial charge in [-0.1, -0.05) is 6.07 Å². The van der Waals surface area contributed by atoms with Crippen LogP contribution in [0.5, 0.6) is 17.2 Å². The predicted molar refractivity (Wildman–Crippen MR) is 118 cm³/mol. The highest BCUT2D eigenvalue weighted by molar-refractivity contribution is 7.10. The number of hydrogen-bond acceptors (Lipinski definition) is 8. The number of fused-ring (bicyclic) bond motifs is 1. The SMILES string of the molecule is COc1cc(C(=O)N2CCc3sccc3C2c2cccs2)c([N+](=O)[O-])c(OC)c1OC. The molecular formula is C21H20N2O6S2. The van der Waals surface area contributed by atoms with E-state index in [1.807, 2.05) is 29.0 Å². The molecule has 0 N–H and O–H groups in total. The number of ether oxygens (including phenoxy) is 3. The third kappa shape index (κ3) is 3.51. The molecule has 3 heterocycles. The number of hydrogen-bond donors (Lipinski definition) is 0. The summed E-state index contributed by atoms with van der Waals surface area (Å²) in [6.07, 6.45) is 0.693. The van der Waals surface area contributed by atoms with Crippen molar-refractivity contribution in [3.63, 3.8) is 0 Å². The number of nitrogens with zero attached hydrogens (tertiary/aromatic N) is 2. The summed E-state index contributed by atoms with van der Waals surface area (Å²) < 4.78 is 15.9. The van der Waals surface area contributed by atoms with Crippen LogP contribution in [-0.2, 0) is 6.42 Å². The molecule has 31 heavy (non-hydrogen) atoms. The van der Waals surface area contributed by atoms with Crippen LogP contribution in [0.3, 0.4) is 0 Å². The Balaban J connectivity index is 1.88. The lowest BCUT2D eigenvalue weighted by Crippen LogP contribution is -2.40. The van der Waals surface area contributed by atoms with Crippen LogP contribution in [0.15, 0.2) is 35.0 Å². The second-order valence-corrected chi connectivity index (χ2v) is 8.74. The molecule has 8 nitrogen and oxygen atoms in total. The van der Waals surface area contributed by atoms with Crippen molar-refractivity contribution in [1.82, 2.24) is 4.90 Å². The molecule has 0 radical (unpaired) electrons. The number of carbonyl (C=O) groups is 1. The van der Waals surface area contributed by atoms with Crippen LogP contribution in [0.1, 0.15) is 31.7 Å². The molecule has 1 amide bonds. The van der Waals surface area contributed by atoms with Crippen molar-refractivity contribution in [3.05, 3.63) is 66.0 Å². The van der Waals surface area contributed by atoms with Gasteiger partial charge in [-0.05, 0) is 34.9 Å². The zero-order valence-electron chi connectivity index (χ0n) is 17.1. The lowest BCUT2D eigenvalue weighted by Gasteiger charge is -2.35. The standard InChI is InChI=1S/C21H20N2O6S2/c1-27-14-11-13(18(23(25)26)20(29-3)19(14)28-2)21(24)22-8-6-15-12(7-10-31-15)17(22)16-5-4-9-30-16/h4-5,7,9-11,17H,6,8H2,1-3H3. The molecule has 0 bridgehead atoms. The van der Waals surface area contributed by atoms with Gasteiger partial charge in [0.2, 0.25) is 11.5 Å². The van der Waals surface area contributed by atoms with Crippen molar-refractivity contribution in [3.8, 4) is 17.2 Å². The third-order valence-electron chi connectivity index (χ3n) is 5.26.